The van der Waals surface area contributed by atoms with E-state index >= 15 is 0 Å². The third-order valence-electron chi connectivity index (χ3n) is 0.841. The molecule has 1 aliphatic heterocycles. The summed E-state index contributed by atoms with van der Waals surface area (Å²) in [5, 5.41) is 0. The Morgan fingerprint density at radius 3 is 2.43 bits per heavy atom. The normalized spacial score (nSPS) is 19.1. The summed E-state index contributed by atoms with van der Waals surface area (Å²) in [5.41, 5.74) is 0. The lowest BCUT2D eigenvalue weighted by Gasteiger charge is -2.08. The minimum absolute atomic E-state index is 0.944. The summed E-state index contributed by atoms with van der Waals surface area (Å²) in [4.78, 5) is 2.08. The maximum absolute atomic E-state index is 3.28. The van der Waals surface area contributed by atoms with Crippen LogP contribution in [0.5, 0.6) is 0 Å². The molecule has 0 aromatic heterocycles. The first-order valence-electron chi connectivity index (χ1n) is 2.10. The Kier molecular flexibility index (Phi) is 1.23. The topological polar surface area (TPSA) is 6.48 Å². The van der Waals surface area contributed by atoms with Crippen LogP contribution in [0.1, 0.15) is 0 Å². The summed E-state index contributed by atoms with van der Waals surface area (Å²) in [6.07, 6.45) is 3.98. The molecule has 0 saturated heterocycles. The molecule has 1 rings (SSSR count). The molecule has 0 atom stereocenters. The van der Waals surface area contributed by atoms with Crippen molar-refractivity contribution in [2.24, 2.45) is 0 Å². The molecular weight excluding hydrogens is 156 g/mol. The van der Waals surface area contributed by atoms with Crippen LogP contribution in [0, 0.1) is 0 Å². The highest BCUT2D eigenvalue weighted by Crippen LogP contribution is 2.06. The van der Waals surface area contributed by atoms with Crippen molar-refractivity contribution in [2.45, 2.75) is 0 Å². The van der Waals surface area contributed by atoms with Crippen LogP contribution in [0.3, 0.4) is 0 Å². The summed E-state index contributed by atoms with van der Waals surface area (Å²) in [7, 11) is 2.03. The predicted molar refractivity (Wildman–Crippen MR) is 32.5 cm³/mol. The molecule has 0 amide bonds. The first-order valence-corrected chi connectivity index (χ1v) is 2.81. The van der Waals surface area contributed by atoms with E-state index in [0.717, 1.165) is 6.67 Å². The number of hydrogen-bond donors (Lipinski definition) is 0. The van der Waals surface area contributed by atoms with Crippen molar-refractivity contribution < 1.29 is 0 Å². The van der Waals surface area contributed by atoms with E-state index in [-0.39, 0.29) is 0 Å². The van der Waals surface area contributed by atoms with Crippen molar-refractivity contribution in [1.29, 1.82) is 0 Å². The van der Waals surface area contributed by atoms with Crippen LogP contribution in [-0.2, 0) is 0 Å². The average Bonchev–Trinajstić information content (AvgIpc) is 1.87. The molecule has 0 radical (unpaired) electrons. The van der Waals surface area contributed by atoms with Crippen molar-refractivity contribution in [3.05, 3.63) is 12.4 Å². The summed E-state index contributed by atoms with van der Waals surface area (Å²) in [6, 6.07) is 0. The molecule has 0 aromatic carbocycles. The average molecular weight is 163 g/mol. The van der Waals surface area contributed by atoms with Crippen LogP contribution >= 0.6 is 16.1 Å². The van der Waals surface area contributed by atoms with Crippen molar-refractivity contribution >= 4 is 16.1 Å². The molecule has 2 nitrogen and oxygen atoms in total. The maximum Gasteiger partial charge on any atom is 0.0998 e. The fraction of sp³-hybridized carbons (Fsp3) is 0.500. The monoisotopic (exact) mass is 162 g/mol. The molecular formula is C4H7BrN2. The Labute approximate surface area is 51.7 Å². The molecule has 0 spiro atoms. The van der Waals surface area contributed by atoms with E-state index in [4.69, 9.17) is 0 Å². The lowest BCUT2D eigenvalue weighted by molar-refractivity contribution is 0.416. The van der Waals surface area contributed by atoms with Gasteiger partial charge in [-0.25, -0.2) is 0 Å². The molecule has 40 valence electrons. The van der Waals surface area contributed by atoms with E-state index < -0.39 is 0 Å². The fourth-order valence-corrected chi connectivity index (χ4v) is 0.953. The Hall–Kier alpha value is -0.180. The summed E-state index contributed by atoms with van der Waals surface area (Å²) in [5.74, 6) is 0. The SMILES string of the molecule is CN1C=CN(Br)C1. The quantitative estimate of drug-likeness (QED) is 0.491. The molecule has 0 bridgehead atoms. The molecule has 0 unspecified atom stereocenters. The van der Waals surface area contributed by atoms with Gasteiger partial charge in [-0.2, -0.15) is 0 Å². The van der Waals surface area contributed by atoms with Crippen molar-refractivity contribution in [3.63, 3.8) is 0 Å². The smallest absolute Gasteiger partial charge is 0.0998 e. The molecule has 0 aromatic rings. The second kappa shape index (κ2) is 1.74. The Morgan fingerprint density at radius 2 is 2.29 bits per heavy atom. The summed E-state index contributed by atoms with van der Waals surface area (Å²) in [6.45, 7) is 0.944. The van der Waals surface area contributed by atoms with Gasteiger partial charge >= 0.3 is 0 Å². The van der Waals surface area contributed by atoms with Crippen LogP contribution in [0.4, 0.5) is 0 Å². The third-order valence-corrected chi connectivity index (χ3v) is 1.30. The molecule has 1 aliphatic rings. The molecule has 3 heteroatoms. The van der Waals surface area contributed by atoms with E-state index in [1.165, 1.54) is 0 Å². The standard InChI is InChI=1S/C4H7BrN2/c1-6-2-3-7(5)4-6/h2-3H,4H2,1H3. The maximum atomic E-state index is 3.28. The zero-order valence-electron chi connectivity index (χ0n) is 4.13. The number of hydrogen-bond acceptors (Lipinski definition) is 2. The number of rotatable bonds is 0. The van der Waals surface area contributed by atoms with Gasteiger partial charge < -0.3 is 4.90 Å². The third kappa shape index (κ3) is 1.09. The van der Waals surface area contributed by atoms with Crippen LogP contribution in [-0.4, -0.2) is 22.5 Å². The van der Waals surface area contributed by atoms with Crippen molar-refractivity contribution in [2.75, 3.05) is 13.7 Å². The van der Waals surface area contributed by atoms with Crippen molar-refractivity contribution in [1.82, 2.24) is 8.83 Å². The highest BCUT2D eigenvalue weighted by Gasteiger charge is 2.01. The molecule has 1 heterocycles. The van der Waals surface area contributed by atoms with E-state index in [2.05, 4.69) is 21.0 Å². The molecule has 0 saturated carbocycles. The zero-order valence-corrected chi connectivity index (χ0v) is 5.72. The largest absolute Gasteiger partial charge is 0.361 e. The van der Waals surface area contributed by atoms with Crippen LogP contribution in [0.15, 0.2) is 12.4 Å². The second-order valence-corrected chi connectivity index (χ2v) is 2.51. The van der Waals surface area contributed by atoms with Crippen LogP contribution in [0.2, 0.25) is 0 Å². The summed E-state index contributed by atoms with van der Waals surface area (Å²) >= 11 is 3.28. The van der Waals surface area contributed by atoms with Gasteiger partial charge in [0.05, 0.1) is 22.8 Å². The molecule has 0 aliphatic carbocycles. The van der Waals surface area contributed by atoms with Gasteiger partial charge in [-0.3, -0.25) is 3.93 Å². The second-order valence-electron chi connectivity index (χ2n) is 1.60. The first kappa shape index (κ1) is 4.97. The van der Waals surface area contributed by atoms with Gasteiger partial charge in [0.15, 0.2) is 0 Å². The molecule has 7 heavy (non-hydrogen) atoms. The van der Waals surface area contributed by atoms with Gasteiger partial charge in [0.2, 0.25) is 0 Å². The molecule has 0 fully saturated rings. The minimum atomic E-state index is 0.944. The summed E-state index contributed by atoms with van der Waals surface area (Å²) < 4.78 is 1.94. The highest BCUT2D eigenvalue weighted by molar-refractivity contribution is 9.07. The zero-order chi connectivity index (χ0) is 5.28. The van der Waals surface area contributed by atoms with Crippen LogP contribution < -0.4 is 0 Å². The highest BCUT2D eigenvalue weighted by atomic mass is 79.9. The Balaban J connectivity index is 2.42. The van der Waals surface area contributed by atoms with E-state index in [0.29, 0.717) is 0 Å². The van der Waals surface area contributed by atoms with Gasteiger partial charge in [-0.1, -0.05) is 0 Å². The van der Waals surface area contributed by atoms with Gasteiger partial charge in [-0.05, 0) is 0 Å². The van der Waals surface area contributed by atoms with E-state index in [1.54, 1.807) is 0 Å². The Bertz CT molecular complexity index is 81.7. The lowest BCUT2D eigenvalue weighted by atomic mass is 10.9. The van der Waals surface area contributed by atoms with E-state index in [9.17, 15) is 0 Å². The van der Waals surface area contributed by atoms with Crippen molar-refractivity contribution in [3.8, 4) is 0 Å². The number of halogens is 1. The first-order chi connectivity index (χ1) is 3.29. The van der Waals surface area contributed by atoms with Gasteiger partial charge in [0.1, 0.15) is 0 Å². The number of nitrogens with zero attached hydrogens (tertiary/aromatic N) is 2. The fourth-order valence-electron chi connectivity index (χ4n) is 0.494. The van der Waals surface area contributed by atoms with Gasteiger partial charge in [0, 0.05) is 19.4 Å². The predicted octanol–water partition coefficient (Wildman–Crippen LogP) is 0.972. The molecule has 0 N–H and O–H groups in total. The van der Waals surface area contributed by atoms with E-state index in [1.807, 2.05) is 23.4 Å². The Morgan fingerprint density at radius 1 is 1.57 bits per heavy atom. The lowest BCUT2D eigenvalue weighted by Crippen LogP contribution is -2.13. The van der Waals surface area contributed by atoms with Crippen LogP contribution in [0.25, 0.3) is 0 Å². The minimum Gasteiger partial charge on any atom is -0.361 e. The van der Waals surface area contributed by atoms with Gasteiger partial charge in [0.25, 0.3) is 0 Å². The van der Waals surface area contributed by atoms with Gasteiger partial charge in [-0.15, -0.1) is 0 Å².